The average Bonchev–Trinajstić information content (AvgIpc) is 2.78. The Kier molecular flexibility index (Phi) is 8.38. The van der Waals surface area contributed by atoms with Gasteiger partial charge < -0.3 is 10.1 Å². The summed E-state index contributed by atoms with van der Waals surface area (Å²) in [5.41, 5.74) is 1.72. The number of halogens is 3. The van der Waals surface area contributed by atoms with E-state index >= 15 is 0 Å². The molecule has 0 saturated carbocycles. The number of anilines is 1. The van der Waals surface area contributed by atoms with Crippen molar-refractivity contribution in [2.75, 3.05) is 5.32 Å². The molecular formula is C23H14Br3N3O4. The molecule has 0 heterocycles. The minimum Gasteiger partial charge on any atom is -0.487 e. The Bertz CT molecular complexity index is 1260. The summed E-state index contributed by atoms with van der Waals surface area (Å²) in [5, 5.41) is 23.1. The standard InChI is InChI=1S/C23H14Br3N3O4/c24-17-4-6-18(7-5-17)28-23(30)16(12-27)8-15-10-20(25)22(21(26)11-15)33-13-14-2-1-3-19(9-14)29(31)32/h1-11H,13H2,(H,28,30)/b16-8-. The largest absolute Gasteiger partial charge is 0.487 e. The van der Waals surface area contributed by atoms with Gasteiger partial charge in [0.15, 0.2) is 0 Å². The van der Waals surface area contributed by atoms with E-state index in [9.17, 15) is 20.2 Å². The summed E-state index contributed by atoms with van der Waals surface area (Å²) in [6.45, 7) is 0.118. The topological polar surface area (TPSA) is 105 Å². The molecule has 166 valence electrons. The number of carbonyl (C=O) groups is 1. The number of ether oxygens (including phenoxy) is 1. The van der Waals surface area contributed by atoms with Gasteiger partial charge in [0.2, 0.25) is 0 Å². The van der Waals surface area contributed by atoms with Gasteiger partial charge in [-0.25, -0.2) is 0 Å². The minimum absolute atomic E-state index is 0.0137. The lowest BCUT2D eigenvalue weighted by atomic mass is 10.1. The number of rotatable bonds is 7. The number of benzene rings is 3. The molecule has 0 unspecified atom stereocenters. The van der Waals surface area contributed by atoms with Crippen LogP contribution in [0, 0.1) is 21.4 Å². The summed E-state index contributed by atoms with van der Waals surface area (Å²) in [5.74, 6) is -0.0467. The maximum absolute atomic E-state index is 12.5. The fraction of sp³-hybridized carbons (Fsp3) is 0.0435. The molecule has 0 bridgehead atoms. The van der Waals surface area contributed by atoms with Gasteiger partial charge in [-0.15, -0.1) is 0 Å². The summed E-state index contributed by atoms with van der Waals surface area (Å²) in [7, 11) is 0. The fourth-order valence-corrected chi connectivity index (χ4v) is 4.48. The van der Waals surface area contributed by atoms with E-state index in [4.69, 9.17) is 4.74 Å². The summed E-state index contributed by atoms with van der Waals surface area (Å²) in [6, 6.07) is 18.5. The molecule has 3 aromatic carbocycles. The van der Waals surface area contributed by atoms with Crippen molar-refractivity contribution >= 4 is 71.1 Å². The molecule has 10 heteroatoms. The van der Waals surface area contributed by atoms with Crippen LogP contribution in [0.15, 0.2) is 79.7 Å². The quantitative estimate of drug-likeness (QED) is 0.130. The van der Waals surface area contributed by atoms with Gasteiger partial charge in [-0.3, -0.25) is 14.9 Å². The van der Waals surface area contributed by atoms with Gasteiger partial charge in [0, 0.05) is 22.3 Å². The lowest BCUT2D eigenvalue weighted by molar-refractivity contribution is -0.384. The third kappa shape index (κ3) is 6.74. The van der Waals surface area contributed by atoms with Gasteiger partial charge in [-0.1, -0.05) is 28.1 Å². The molecular weight excluding hydrogens is 622 g/mol. The Morgan fingerprint density at radius 1 is 1.09 bits per heavy atom. The van der Waals surface area contributed by atoms with Gasteiger partial charge in [0.05, 0.1) is 13.9 Å². The van der Waals surface area contributed by atoms with E-state index in [1.54, 1.807) is 48.5 Å². The first kappa shape index (κ1) is 24.6. The van der Waals surface area contributed by atoms with E-state index < -0.39 is 10.8 Å². The highest BCUT2D eigenvalue weighted by molar-refractivity contribution is 9.11. The van der Waals surface area contributed by atoms with Crippen LogP contribution in [-0.2, 0) is 11.4 Å². The molecule has 0 saturated heterocycles. The number of carbonyl (C=O) groups excluding carboxylic acids is 1. The van der Waals surface area contributed by atoms with Crippen LogP contribution in [-0.4, -0.2) is 10.8 Å². The second-order valence-electron chi connectivity index (χ2n) is 6.66. The van der Waals surface area contributed by atoms with Crippen molar-refractivity contribution in [1.29, 1.82) is 5.26 Å². The smallest absolute Gasteiger partial charge is 0.269 e. The Balaban J connectivity index is 1.76. The number of nitro benzene ring substituents is 1. The molecule has 0 aliphatic heterocycles. The third-order valence-corrected chi connectivity index (χ3v) is 6.01. The summed E-state index contributed by atoms with van der Waals surface area (Å²) < 4.78 is 7.86. The number of hydrogen-bond acceptors (Lipinski definition) is 5. The molecule has 3 aromatic rings. The van der Waals surface area contributed by atoms with Gasteiger partial charge in [-0.05, 0) is 85.5 Å². The minimum atomic E-state index is -0.530. The highest BCUT2D eigenvalue weighted by Gasteiger charge is 2.13. The predicted molar refractivity (Wildman–Crippen MR) is 136 cm³/mol. The zero-order valence-electron chi connectivity index (χ0n) is 16.7. The van der Waals surface area contributed by atoms with Gasteiger partial charge >= 0.3 is 0 Å². The monoisotopic (exact) mass is 633 g/mol. The van der Waals surface area contributed by atoms with Crippen LogP contribution in [0.3, 0.4) is 0 Å². The fourth-order valence-electron chi connectivity index (χ4n) is 2.76. The van der Waals surface area contributed by atoms with E-state index in [1.165, 1.54) is 18.2 Å². The Morgan fingerprint density at radius 3 is 2.36 bits per heavy atom. The van der Waals surface area contributed by atoms with Crippen LogP contribution in [0.25, 0.3) is 6.08 Å². The van der Waals surface area contributed by atoms with Crippen molar-refractivity contribution in [3.63, 3.8) is 0 Å². The molecule has 1 N–H and O–H groups in total. The molecule has 0 aliphatic rings. The molecule has 0 spiro atoms. The zero-order chi connectivity index (χ0) is 24.0. The number of nitrogens with one attached hydrogen (secondary N) is 1. The summed E-state index contributed by atoms with van der Waals surface area (Å²) >= 11 is 10.2. The van der Waals surface area contributed by atoms with Crippen LogP contribution in [0.2, 0.25) is 0 Å². The molecule has 33 heavy (non-hydrogen) atoms. The lowest BCUT2D eigenvalue weighted by Crippen LogP contribution is -2.13. The number of non-ortho nitro benzene ring substituents is 1. The van der Waals surface area contributed by atoms with E-state index in [0.29, 0.717) is 31.5 Å². The van der Waals surface area contributed by atoms with Gasteiger partial charge in [0.1, 0.15) is 24.0 Å². The normalized spacial score (nSPS) is 10.9. The molecule has 0 radical (unpaired) electrons. The molecule has 0 aliphatic carbocycles. The van der Waals surface area contributed by atoms with Crippen molar-refractivity contribution < 1.29 is 14.5 Å². The van der Waals surface area contributed by atoms with Crippen molar-refractivity contribution in [1.82, 2.24) is 0 Å². The van der Waals surface area contributed by atoms with Crippen LogP contribution in [0.4, 0.5) is 11.4 Å². The Labute approximate surface area is 214 Å². The number of hydrogen-bond donors (Lipinski definition) is 1. The van der Waals surface area contributed by atoms with Gasteiger partial charge in [0.25, 0.3) is 11.6 Å². The van der Waals surface area contributed by atoms with Crippen LogP contribution in [0.5, 0.6) is 5.75 Å². The first-order chi connectivity index (χ1) is 15.8. The average molecular weight is 636 g/mol. The highest BCUT2D eigenvalue weighted by atomic mass is 79.9. The summed E-state index contributed by atoms with van der Waals surface area (Å²) in [6.07, 6.45) is 1.47. The van der Waals surface area contributed by atoms with Crippen molar-refractivity contribution in [3.8, 4) is 11.8 Å². The first-order valence-corrected chi connectivity index (χ1v) is 11.7. The molecule has 0 aromatic heterocycles. The van der Waals surface area contributed by atoms with Crippen molar-refractivity contribution in [2.24, 2.45) is 0 Å². The maximum Gasteiger partial charge on any atom is 0.269 e. The lowest BCUT2D eigenvalue weighted by Gasteiger charge is -2.12. The Morgan fingerprint density at radius 2 is 1.76 bits per heavy atom. The second-order valence-corrected chi connectivity index (χ2v) is 9.28. The predicted octanol–water partition coefficient (Wildman–Crippen LogP) is 7.01. The number of nitro groups is 1. The highest BCUT2D eigenvalue weighted by Crippen LogP contribution is 2.36. The van der Waals surface area contributed by atoms with E-state index in [1.807, 2.05) is 6.07 Å². The SMILES string of the molecule is N#C/C(=C/c1cc(Br)c(OCc2cccc([N+](=O)[O-])c2)c(Br)c1)C(=O)Nc1ccc(Br)cc1. The van der Waals surface area contributed by atoms with Crippen LogP contribution in [0.1, 0.15) is 11.1 Å². The van der Waals surface area contributed by atoms with Crippen molar-refractivity contribution in [2.45, 2.75) is 6.61 Å². The zero-order valence-corrected chi connectivity index (χ0v) is 21.5. The second kappa shape index (κ2) is 11.2. The van der Waals surface area contributed by atoms with Crippen molar-refractivity contribution in [3.05, 3.63) is 101 Å². The first-order valence-electron chi connectivity index (χ1n) is 9.30. The number of amides is 1. The van der Waals surface area contributed by atoms with Gasteiger partial charge in [-0.2, -0.15) is 5.26 Å². The molecule has 1 amide bonds. The molecule has 7 nitrogen and oxygen atoms in total. The van der Waals surface area contributed by atoms with Crippen LogP contribution >= 0.6 is 47.8 Å². The van der Waals surface area contributed by atoms with E-state index in [-0.39, 0.29) is 17.9 Å². The van der Waals surface area contributed by atoms with E-state index in [0.717, 1.165) is 4.47 Å². The maximum atomic E-state index is 12.5. The molecule has 0 atom stereocenters. The Hall–Kier alpha value is -3.00. The summed E-state index contributed by atoms with van der Waals surface area (Å²) in [4.78, 5) is 23.0. The number of nitrogens with zero attached hydrogens (tertiary/aromatic N) is 2. The number of nitriles is 1. The van der Waals surface area contributed by atoms with Crippen LogP contribution < -0.4 is 10.1 Å². The third-order valence-electron chi connectivity index (χ3n) is 4.30. The van der Waals surface area contributed by atoms with E-state index in [2.05, 4.69) is 53.1 Å². The molecule has 0 fully saturated rings. The molecule has 3 rings (SSSR count).